The van der Waals surface area contributed by atoms with E-state index in [1.165, 1.54) is 44.4 Å². The Morgan fingerprint density at radius 1 is 0.771 bits per heavy atom. The lowest BCUT2D eigenvalue weighted by Gasteiger charge is -2.13. The van der Waals surface area contributed by atoms with E-state index >= 15 is 0 Å². The molecule has 0 aliphatic heterocycles. The number of aliphatic hydroxyl groups is 2. The van der Waals surface area contributed by atoms with Gasteiger partial charge in [0.15, 0.2) is 11.4 Å². The molecular weight excluding hydrogens is 999 g/mol. The molecule has 5 aromatic carbocycles. The van der Waals surface area contributed by atoms with Crippen molar-refractivity contribution in [2.45, 2.75) is 21.6 Å². The molecule has 0 saturated carbocycles. The molecule has 0 saturated heterocycles. The smallest absolute Gasteiger partial charge is 0.358 e. The zero-order valence-electron chi connectivity index (χ0n) is 35.4. The summed E-state index contributed by atoms with van der Waals surface area (Å²) in [6.45, 7) is -0.389. The molecule has 32 heteroatoms. The second kappa shape index (κ2) is 21.7. The highest BCUT2D eigenvalue weighted by Crippen LogP contribution is 2.47. The molecule has 0 fully saturated rings. The van der Waals surface area contributed by atoms with Gasteiger partial charge in [-0.2, -0.15) is 26.6 Å². The van der Waals surface area contributed by atoms with Gasteiger partial charge in [0.1, 0.15) is 68.7 Å². The number of aromatic nitrogens is 2. The predicted octanol–water partition coefficient (Wildman–Crippen LogP) is 7.27. The molecule has 70 heavy (non-hydrogen) atoms. The van der Waals surface area contributed by atoms with Gasteiger partial charge in [0.2, 0.25) is 11.6 Å². The van der Waals surface area contributed by atoms with Crippen molar-refractivity contribution >= 4 is 88.8 Å². The minimum Gasteiger partial charge on any atom is -0.505 e. The van der Waals surface area contributed by atoms with E-state index in [0.717, 1.165) is 35.0 Å². The fourth-order valence-electron chi connectivity index (χ4n) is 6.13. The monoisotopic (exact) mass is 1030 g/mol. The summed E-state index contributed by atoms with van der Waals surface area (Å²) in [5, 5.41) is 104. The first-order valence-electron chi connectivity index (χ1n) is 19.0. The molecule has 0 amide bonds. The molecule has 1 heterocycles. The van der Waals surface area contributed by atoms with Crippen molar-refractivity contribution in [1.29, 1.82) is 0 Å². The number of carboxylic acid groups (broad SMARTS) is 1. The lowest BCUT2D eigenvalue weighted by atomic mass is 10.1. The molecular formula is C38H33N9O20S3. The molecule has 0 bridgehead atoms. The van der Waals surface area contributed by atoms with Crippen molar-refractivity contribution in [3.05, 3.63) is 88.1 Å². The van der Waals surface area contributed by atoms with Crippen LogP contribution in [-0.2, 0) is 29.6 Å². The highest BCUT2D eigenvalue weighted by Gasteiger charge is 2.26. The summed E-state index contributed by atoms with van der Waals surface area (Å²) in [6.07, 6.45) is 0. The summed E-state index contributed by atoms with van der Waals surface area (Å²) in [7, 11) is -8.55. The van der Waals surface area contributed by atoms with Gasteiger partial charge in [0.05, 0.1) is 47.9 Å². The Hall–Kier alpha value is -7.79. The van der Waals surface area contributed by atoms with Crippen LogP contribution in [0.1, 0.15) is 16.1 Å². The molecule has 6 aromatic rings. The summed E-state index contributed by atoms with van der Waals surface area (Å²) in [6, 6.07) is 12.1. The third kappa shape index (κ3) is 11.5. The Labute approximate surface area is 395 Å². The number of carboxylic acids is 1. The maximum absolute atomic E-state index is 12.3. The molecule has 29 nitrogen and oxygen atoms in total. The number of phenolic OH excluding ortho intramolecular Hbond substituents is 1. The minimum atomic E-state index is -5.06. The number of nitro groups is 1. The van der Waals surface area contributed by atoms with Crippen molar-refractivity contribution in [3.63, 3.8) is 0 Å². The standard InChI is InChI=1S/C38H33N9O20S3/c1-18-11-24(27(63-2)17-31(18)69(57,58)59)41-44-34-35(38(52)53)45-46(37(34)51)20-3-5-22-19(12-20)13-30(68-67-66-56)33(36(22)50)43-42-26-16-28(64-9-7-48)25(15-29(26)65-10-8-49)40-39-23-6-4-21(47(54)55)14-32(23)70(60,61)62/h3-6,11-17,48-51,56H,7-10H2,1-2H3,(H,52,53)(H,57,58,59)(H,60,61,62). The number of rotatable bonds is 21. The Morgan fingerprint density at radius 2 is 1.36 bits per heavy atom. The van der Waals surface area contributed by atoms with Gasteiger partial charge in [0, 0.05) is 35.7 Å². The van der Waals surface area contributed by atoms with Crippen LogP contribution in [0.3, 0.4) is 0 Å². The fourth-order valence-corrected chi connectivity index (χ4v) is 7.99. The van der Waals surface area contributed by atoms with Crippen molar-refractivity contribution < 1.29 is 90.0 Å². The van der Waals surface area contributed by atoms with Crippen molar-refractivity contribution in [2.24, 2.45) is 30.7 Å². The van der Waals surface area contributed by atoms with Crippen LogP contribution in [-0.4, -0.2) is 111 Å². The number of aliphatic hydroxyl groups excluding tert-OH is 2. The number of fused-ring (bicyclic) bond motifs is 1. The number of methoxy groups -OCH3 is 1. The number of aromatic carboxylic acids is 1. The van der Waals surface area contributed by atoms with Gasteiger partial charge in [-0.1, -0.05) is 5.04 Å². The summed E-state index contributed by atoms with van der Waals surface area (Å²) < 4.78 is 88.8. The zero-order valence-corrected chi connectivity index (χ0v) is 37.9. The Bertz CT molecular complexity index is 3350. The van der Waals surface area contributed by atoms with Crippen LogP contribution >= 0.6 is 12.0 Å². The van der Waals surface area contributed by atoms with Crippen molar-refractivity contribution in [3.8, 4) is 34.6 Å². The van der Waals surface area contributed by atoms with E-state index in [9.17, 15) is 66.4 Å². The fraction of sp³-hybridized carbons (Fsp3) is 0.158. The molecule has 0 aliphatic carbocycles. The first-order valence-corrected chi connectivity index (χ1v) is 22.7. The van der Waals surface area contributed by atoms with Gasteiger partial charge in [-0.25, -0.2) is 10.1 Å². The number of nitro benzene ring substituents is 1. The third-order valence-electron chi connectivity index (χ3n) is 9.18. The molecule has 0 unspecified atom stereocenters. The van der Waals surface area contributed by atoms with E-state index in [0.29, 0.717) is 18.1 Å². The maximum Gasteiger partial charge on any atom is 0.358 e. The molecule has 0 spiro atoms. The highest BCUT2D eigenvalue weighted by atomic mass is 32.2. The van der Waals surface area contributed by atoms with Crippen molar-refractivity contribution in [2.75, 3.05) is 33.5 Å². The quantitative estimate of drug-likeness (QED) is 0.00876. The molecule has 8 N–H and O–H groups in total. The van der Waals surface area contributed by atoms with Crippen LogP contribution in [0.5, 0.6) is 28.9 Å². The van der Waals surface area contributed by atoms with Gasteiger partial charge < -0.3 is 39.7 Å². The Morgan fingerprint density at radius 3 is 1.91 bits per heavy atom. The maximum atomic E-state index is 12.3. The lowest BCUT2D eigenvalue weighted by molar-refractivity contribution is -0.432. The molecule has 6 rings (SSSR count). The van der Waals surface area contributed by atoms with Crippen LogP contribution in [0.2, 0.25) is 0 Å². The molecule has 0 aliphatic rings. The van der Waals surface area contributed by atoms with Gasteiger partial charge in [-0.05, 0) is 54.3 Å². The number of carbonyl (C=O) groups is 1. The van der Waals surface area contributed by atoms with E-state index in [4.69, 9.17) is 19.5 Å². The summed E-state index contributed by atoms with van der Waals surface area (Å²) in [5.74, 6) is -3.62. The van der Waals surface area contributed by atoms with Crippen LogP contribution < -0.4 is 14.2 Å². The molecule has 368 valence electrons. The van der Waals surface area contributed by atoms with E-state index in [1.54, 1.807) is 0 Å². The first-order chi connectivity index (χ1) is 33.2. The number of azo groups is 3. The second-order valence-corrected chi connectivity index (χ2v) is 17.1. The van der Waals surface area contributed by atoms with E-state index in [1.807, 2.05) is 0 Å². The van der Waals surface area contributed by atoms with Crippen LogP contribution in [0, 0.1) is 17.0 Å². The third-order valence-corrected chi connectivity index (χ3v) is 11.7. The number of aryl methyl sites for hydroxylation is 1. The number of phenols is 1. The highest BCUT2D eigenvalue weighted by molar-refractivity contribution is 7.94. The number of hydrogen-bond acceptors (Lipinski definition) is 25. The molecule has 1 aromatic heterocycles. The zero-order chi connectivity index (χ0) is 51.1. The largest absolute Gasteiger partial charge is 0.505 e. The SMILES string of the molecule is COc1cc(S(=O)(=O)O)c(C)cc1N=Nc1c(C(=O)O)nn(-c2ccc3c(O)c(N=Nc4cc(OCCO)c(N=Nc5ccc([N+](=O)[O-])cc5S(=O)(=O)O)cc4OCCO)c(SOOO)cc3c2)c1O. The number of aromatic hydroxyl groups is 2. The summed E-state index contributed by atoms with van der Waals surface area (Å²) in [4.78, 5) is 21.1. The van der Waals surface area contributed by atoms with Gasteiger partial charge >= 0.3 is 5.97 Å². The minimum absolute atomic E-state index is 0.00922. The number of hydrogen-bond donors (Lipinski definition) is 8. The number of non-ortho nitro benzene ring substituents is 1. The van der Waals surface area contributed by atoms with Gasteiger partial charge in [0.25, 0.3) is 25.9 Å². The average molecular weight is 1030 g/mol. The van der Waals surface area contributed by atoms with Crippen LogP contribution in [0.25, 0.3) is 16.5 Å². The summed E-state index contributed by atoms with van der Waals surface area (Å²) >= 11 is 0.319. The second-order valence-electron chi connectivity index (χ2n) is 13.6. The lowest BCUT2D eigenvalue weighted by Crippen LogP contribution is -2.04. The van der Waals surface area contributed by atoms with E-state index in [2.05, 4.69) is 45.2 Å². The van der Waals surface area contributed by atoms with Crippen LogP contribution in [0.15, 0.2) is 112 Å². The number of ether oxygens (including phenoxy) is 3. The van der Waals surface area contributed by atoms with E-state index in [-0.39, 0.29) is 80.1 Å². The number of nitrogens with zero attached hydrogens (tertiary/aromatic N) is 9. The van der Waals surface area contributed by atoms with E-state index < -0.39 is 88.5 Å². The van der Waals surface area contributed by atoms with Crippen molar-refractivity contribution in [1.82, 2.24) is 9.78 Å². The molecule has 0 radical (unpaired) electrons. The Balaban J connectivity index is 1.42. The van der Waals surface area contributed by atoms with Gasteiger partial charge in [-0.15, -0.1) is 35.0 Å². The van der Waals surface area contributed by atoms with Gasteiger partial charge in [-0.3, -0.25) is 19.2 Å². The predicted molar refractivity (Wildman–Crippen MR) is 237 cm³/mol. The first kappa shape index (κ1) is 51.6. The van der Waals surface area contributed by atoms with Crippen LogP contribution in [0.4, 0.5) is 39.8 Å². The number of benzene rings is 5. The Kier molecular flexibility index (Phi) is 16.0. The normalized spacial score (nSPS) is 12.2. The summed E-state index contributed by atoms with van der Waals surface area (Å²) in [5.41, 5.74) is -3.46. The average Bonchev–Trinajstić information content (AvgIpc) is 3.65. The topological polar surface area (TPSA) is 428 Å². The molecule has 0 atom stereocenters.